The Morgan fingerprint density at radius 3 is 2.88 bits per heavy atom. The van der Waals surface area contributed by atoms with E-state index in [0.29, 0.717) is 6.04 Å². The molecule has 1 aromatic rings. The third-order valence-electron chi connectivity index (χ3n) is 4.35. The molecule has 1 fully saturated rings. The molecule has 0 aliphatic heterocycles. The molecule has 1 unspecified atom stereocenters. The SMILES string of the molecule is CCNC(CC1CCC1)c1cc2c(s1)CCC2. The zero-order valence-corrected chi connectivity index (χ0v) is 11.6. The predicted molar refractivity (Wildman–Crippen MR) is 74.7 cm³/mol. The molecule has 0 amide bonds. The fourth-order valence-corrected chi connectivity index (χ4v) is 4.48. The van der Waals surface area contributed by atoms with E-state index in [9.17, 15) is 0 Å². The van der Waals surface area contributed by atoms with Gasteiger partial charge < -0.3 is 5.32 Å². The minimum absolute atomic E-state index is 0.640. The van der Waals surface area contributed by atoms with E-state index < -0.39 is 0 Å². The summed E-state index contributed by atoms with van der Waals surface area (Å²) in [6.45, 7) is 3.33. The van der Waals surface area contributed by atoms with Gasteiger partial charge in [0.25, 0.3) is 0 Å². The molecule has 0 bridgehead atoms. The summed E-state index contributed by atoms with van der Waals surface area (Å²) in [5.41, 5.74) is 1.65. The summed E-state index contributed by atoms with van der Waals surface area (Å²) in [7, 11) is 0. The minimum Gasteiger partial charge on any atom is -0.310 e. The Hall–Kier alpha value is -0.340. The molecule has 2 aliphatic rings. The number of hydrogen-bond acceptors (Lipinski definition) is 2. The molecule has 3 rings (SSSR count). The molecule has 0 spiro atoms. The van der Waals surface area contributed by atoms with Crippen molar-refractivity contribution in [3.05, 3.63) is 21.4 Å². The molecule has 1 N–H and O–H groups in total. The van der Waals surface area contributed by atoms with Gasteiger partial charge in [0.15, 0.2) is 0 Å². The summed E-state index contributed by atoms with van der Waals surface area (Å²) in [6, 6.07) is 3.14. The first-order valence-corrected chi connectivity index (χ1v) is 8.03. The molecule has 0 radical (unpaired) electrons. The second-order valence-electron chi connectivity index (χ2n) is 5.59. The summed E-state index contributed by atoms with van der Waals surface area (Å²) < 4.78 is 0. The van der Waals surface area contributed by atoms with Crippen molar-refractivity contribution >= 4 is 11.3 Å². The number of aryl methyl sites for hydroxylation is 2. The van der Waals surface area contributed by atoms with Crippen molar-refractivity contribution in [3.63, 3.8) is 0 Å². The summed E-state index contributed by atoms with van der Waals surface area (Å²) in [5.74, 6) is 0.996. The number of thiophene rings is 1. The summed E-state index contributed by atoms with van der Waals surface area (Å²) in [5, 5.41) is 3.70. The molecular weight excluding hydrogens is 226 g/mol. The first-order valence-electron chi connectivity index (χ1n) is 7.21. The molecule has 94 valence electrons. The predicted octanol–water partition coefficient (Wildman–Crippen LogP) is 4.08. The van der Waals surface area contributed by atoms with Gasteiger partial charge >= 0.3 is 0 Å². The fourth-order valence-electron chi connectivity index (χ4n) is 3.13. The Bertz CT molecular complexity index is 357. The number of hydrogen-bond donors (Lipinski definition) is 1. The highest BCUT2D eigenvalue weighted by Crippen LogP contribution is 2.39. The van der Waals surface area contributed by atoms with Crippen molar-refractivity contribution in [2.24, 2.45) is 5.92 Å². The number of rotatable bonds is 5. The van der Waals surface area contributed by atoms with Gasteiger partial charge in [-0.2, -0.15) is 0 Å². The van der Waals surface area contributed by atoms with Crippen molar-refractivity contribution in [2.45, 2.75) is 57.9 Å². The van der Waals surface area contributed by atoms with Crippen LogP contribution in [0.3, 0.4) is 0 Å². The van der Waals surface area contributed by atoms with Gasteiger partial charge in [0.1, 0.15) is 0 Å². The highest BCUT2D eigenvalue weighted by atomic mass is 32.1. The summed E-state index contributed by atoms with van der Waals surface area (Å²) in [6.07, 6.45) is 9.81. The Morgan fingerprint density at radius 1 is 1.35 bits per heavy atom. The van der Waals surface area contributed by atoms with Crippen LogP contribution in [0.25, 0.3) is 0 Å². The fraction of sp³-hybridized carbons (Fsp3) is 0.733. The van der Waals surface area contributed by atoms with Gasteiger partial charge in [-0.05, 0) is 49.8 Å². The van der Waals surface area contributed by atoms with Crippen molar-refractivity contribution in [1.29, 1.82) is 0 Å². The normalized spacial score (nSPS) is 21.2. The average molecular weight is 249 g/mol. The van der Waals surface area contributed by atoms with E-state index in [1.54, 1.807) is 15.3 Å². The van der Waals surface area contributed by atoms with E-state index in [0.717, 1.165) is 12.5 Å². The molecule has 2 heteroatoms. The second-order valence-corrected chi connectivity index (χ2v) is 6.76. The van der Waals surface area contributed by atoms with Gasteiger partial charge in [0.05, 0.1) is 0 Å². The monoisotopic (exact) mass is 249 g/mol. The van der Waals surface area contributed by atoms with E-state index in [1.165, 1.54) is 44.9 Å². The van der Waals surface area contributed by atoms with Crippen LogP contribution in [0.1, 0.15) is 60.4 Å². The van der Waals surface area contributed by atoms with Crippen LogP contribution >= 0.6 is 11.3 Å². The molecule has 0 aromatic carbocycles. The van der Waals surface area contributed by atoms with Crippen LogP contribution in [-0.2, 0) is 12.8 Å². The van der Waals surface area contributed by atoms with Crippen molar-refractivity contribution in [1.82, 2.24) is 5.32 Å². The lowest BCUT2D eigenvalue weighted by atomic mass is 9.80. The van der Waals surface area contributed by atoms with Crippen LogP contribution in [0.4, 0.5) is 0 Å². The zero-order valence-electron chi connectivity index (χ0n) is 10.8. The van der Waals surface area contributed by atoms with Crippen molar-refractivity contribution in [3.8, 4) is 0 Å². The molecule has 0 saturated heterocycles. The van der Waals surface area contributed by atoms with E-state index >= 15 is 0 Å². The maximum absolute atomic E-state index is 3.70. The van der Waals surface area contributed by atoms with Gasteiger partial charge in [-0.25, -0.2) is 0 Å². The molecular formula is C15H23NS. The number of nitrogens with one attached hydrogen (secondary N) is 1. The molecule has 1 heterocycles. The van der Waals surface area contributed by atoms with Gasteiger partial charge in [-0.1, -0.05) is 26.2 Å². The van der Waals surface area contributed by atoms with Crippen LogP contribution in [-0.4, -0.2) is 6.54 Å². The summed E-state index contributed by atoms with van der Waals surface area (Å²) in [4.78, 5) is 3.29. The summed E-state index contributed by atoms with van der Waals surface area (Å²) >= 11 is 2.08. The number of fused-ring (bicyclic) bond motifs is 1. The van der Waals surface area contributed by atoms with E-state index in [-0.39, 0.29) is 0 Å². The smallest absolute Gasteiger partial charge is 0.0417 e. The third kappa shape index (κ3) is 2.43. The van der Waals surface area contributed by atoms with Crippen LogP contribution in [0.15, 0.2) is 6.07 Å². The molecule has 1 saturated carbocycles. The second kappa shape index (κ2) is 5.11. The Morgan fingerprint density at radius 2 is 2.24 bits per heavy atom. The molecule has 1 nitrogen and oxygen atoms in total. The molecule has 1 atom stereocenters. The lowest BCUT2D eigenvalue weighted by molar-refractivity contribution is 0.263. The lowest BCUT2D eigenvalue weighted by Gasteiger charge is -2.29. The largest absolute Gasteiger partial charge is 0.310 e. The van der Waals surface area contributed by atoms with Crippen molar-refractivity contribution < 1.29 is 0 Å². The molecule has 17 heavy (non-hydrogen) atoms. The Balaban J connectivity index is 1.71. The zero-order chi connectivity index (χ0) is 11.7. The topological polar surface area (TPSA) is 12.0 Å². The maximum Gasteiger partial charge on any atom is 0.0417 e. The quantitative estimate of drug-likeness (QED) is 0.829. The Kier molecular flexibility index (Phi) is 3.53. The standard InChI is InChI=1S/C15H23NS/c1-2-16-13(9-11-5-3-6-11)15-10-12-7-4-8-14(12)17-15/h10-11,13,16H,2-9H2,1H3. The molecule has 1 aromatic heterocycles. The van der Waals surface area contributed by atoms with Gasteiger partial charge in [-0.3, -0.25) is 0 Å². The van der Waals surface area contributed by atoms with Crippen LogP contribution in [0.5, 0.6) is 0 Å². The van der Waals surface area contributed by atoms with Gasteiger partial charge in [-0.15, -0.1) is 11.3 Å². The third-order valence-corrected chi connectivity index (χ3v) is 5.70. The van der Waals surface area contributed by atoms with Crippen molar-refractivity contribution in [2.75, 3.05) is 6.54 Å². The Labute approximate surface area is 109 Å². The van der Waals surface area contributed by atoms with Crippen LogP contribution in [0.2, 0.25) is 0 Å². The first kappa shape index (κ1) is 11.7. The van der Waals surface area contributed by atoms with Gasteiger partial charge in [0.2, 0.25) is 0 Å². The average Bonchev–Trinajstić information content (AvgIpc) is 2.81. The lowest BCUT2D eigenvalue weighted by Crippen LogP contribution is -2.25. The van der Waals surface area contributed by atoms with E-state index in [4.69, 9.17) is 0 Å². The maximum atomic E-state index is 3.70. The van der Waals surface area contributed by atoms with E-state index in [1.807, 2.05) is 0 Å². The van der Waals surface area contributed by atoms with E-state index in [2.05, 4.69) is 29.6 Å². The first-order chi connectivity index (χ1) is 8.36. The van der Waals surface area contributed by atoms with Crippen LogP contribution < -0.4 is 5.32 Å². The highest BCUT2D eigenvalue weighted by molar-refractivity contribution is 7.12. The highest BCUT2D eigenvalue weighted by Gasteiger charge is 2.25. The van der Waals surface area contributed by atoms with Crippen LogP contribution in [0, 0.1) is 5.92 Å². The van der Waals surface area contributed by atoms with Gasteiger partial charge in [0, 0.05) is 15.8 Å². The molecule has 2 aliphatic carbocycles. The minimum atomic E-state index is 0.640.